The number of imidazole rings is 1. The Bertz CT molecular complexity index is 491. The summed E-state index contributed by atoms with van der Waals surface area (Å²) in [6.07, 6.45) is 2.73. The van der Waals surface area contributed by atoms with Gasteiger partial charge in [-0.3, -0.25) is 0 Å². The highest BCUT2D eigenvalue weighted by molar-refractivity contribution is 5.80. The molecule has 21 heavy (non-hydrogen) atoms. The van der Waals surface area contributed by atoms with Crippen molar-refractivity contribution in [3.8, 4) is 0 Å². The van der Waals surface area contributed by atoms with Gasteiger partial charge in [0.25, 0.3) is 0 Å². The van der Waals surface area contributed by atoms with E-state index in [1.54, 1.807) is 27.0 Å². The topological polar surface area (TPSA) is 104 Å². The number of nitrogens with one attached hydrogen (secondary N) is 2. The zero-order valence-corrected chi connectivity index (χ0v) is 12.9. The minimum absolute atomic E-state index is 0.130. The molecule has 0 aliphatic heterocycles. The van der Waals surface area contributed by atoms with Crippen LogP contribution in [0.3, 0.4) is 0 Å². The maximum Gasteiger partial charge on any atom is 0.408 e. The fourth-order valence-electron chi connectivity index (χ4n) is 1.74. The molecule has 0 aromatic carbocycles. The Balaban J connectivity index is 2.65. The molecular weight excluding hydrogens is 274 g/mol. The van der Waals surface area contributed by atoms with Crippen LogP contribution in [0.1, 0.15) is 45.6 Å². The maximum absolute atomic E-state index is 11.6. The number of aliphatic carboxylic acids is 1. The van der Waals surface area contributed by atoms with Crippen molar-refractivity contribution in [3.05, 3.63) is 17.7 Å². The molecule has 0 fully saturated rings. The first-order valence-corrected chi connectivity index (χ1v) is 6.96. The van der Waals surface area contributed by atoms with Gasteiger partial charge in [0.15, 0.2) is 0 Å². The number of carboxylic acid groups (broad SMARTS) is 1. The predicted octanol–water partition coefficient (Wildman–Crippen LogP) is 1.88. The lowest BCUT2D eigenvalue weighted by Gasteiger charge is -2.21. The maximum atomic E-state index is 11.6. The Kier molecular flexibility index (Phi) is 5.75. The van der Waals surface area contributed by atoms with E-state index >= 15 is 0 Å². The zero-order chi connectivity index (χ0) is 16.0. The molecule has 1 amide bonds. The number of hydrogen-bond donors (Lipinski definition) is 3. The molecule has 1 aromatic heterocycles. The number of amides is 1. The summed E-state index contributed by atoms with van der Waals surface area (Å²) in [5.41, 5.74) is -0.00278. The summed E-state index contributed by atoms with van der Waals surface area (Å²) in [5, 5.41) is 11.5. The van der Waals surface area contributed by atoms with Crippen LogP contribution in [0.2, 0.25) is 0 Å². The molecule has 0 aliphatic rings. The second-order valence-corrected chi connectivity index (χ2v) is 5.85. The molecule has 0 spiro atoms. The van der Waals surface area contributed by atoms with Crippen molar-refractivity contribution in [1.29, 1.82) is 0 Å². The van der Waals surface area contributed by atoms with Gasteiger partial charge in [0, 0.05) is 24.7 Å². The summed E-state index contributed by atoms with van der Waals surface area (Å²) >= 11 is 0. The number of rotatable bonds is 6. The van der Waals surface area contributed by atoms with E-state index in [0.29, 0.717) is 5.69 Å². The second kappa shape index (κ2) is 7.10. The summed E-state index contributed by atoms with van der Waals surface area (Å²) in [5.74, 6) is -0.304. The van der Waals surface area contributed by atoms with E-state index in [1.807, 2.05) is 6.92 Å². The monoisotopic (exact) mass is 297 g/mol. The average molecular weight is 297 g/mol. The minimum Gasteiger partial charge on any atom is -0.480 e. The third-order valence-electron chi connectivity index (χ3n) is 2.58. The molecule has 0 saturated heterocycles. The van der Waals surface area contributed by atoms with Gasteiger partial charge in [0.05, 0.1) is 0 Å². The third-order valence-corrected chi connectivity index (χ3v) is 2.58. The van der Waals surface area contributed by atoms with E-state index in [2.05, 4.69) is 15.3 Å². The fraction of sp³-hybridized carbons (Fsp3) is 0.643. The quantitative estimate of drug-likeness (QED) is 0.743. The van der Waals surface area contributed by atoms with Crippen LogP contribution in [0, 0.1) is 0 Å². The van der Waals surface area contributed by atoms with Gasteiger partial charge >= 0.3 is 12.1 Å². The van der Waals surface area contributed by atoms with E-state index in [4.69, 9.17) is 4.74 Å². The van der Waals surface area contributed by atoms with Crippen molar-refractivity contribution < 1.29 is 19.4 Å². The number of aromatic amines is 1. The summed E-state index contributed by atoms with van der Waals surface area (Å²) in [6, 6.07) is -1.06. The lowest BCUT2D eigenvalue weighted by molar-refractivity contribution is -0.139. The van der Waals surface area contributed by atoms with E-state index in [0.717, 1.165) is 18.7 Å². The lowest BCUT2D eigenvalue weighted by atomic mass is 10.1. The van der Waals surface area contributed by atoms with Crippen molar-refractivity contribution in [2.75, 3.05) is 0 Å². The molecule has 0 radical (unpaired) electrons. The SMILES string of the molecule is CCCc1ncc(C[C@H](NC(=O)OC(C)(C)C)C(=O)O)[nH]1. The first kappa shape index (κ1) is 17.0. The summed E-state index contributed by atoms with van der Waals surface area (Å²) in [7, 11) is 0. The molecule has 118 valence electrons. The first-order chi connectivity index (χ1) is 9.71. The summed E-state index contributed by atoms with van der Waals surface area (Å²) in [4.78, 5) is 30.1. The Hall–Kier alpha value is -2.05. The first-order valence-electron chi connectivity index (χ1n) is 6.96. The number of H-pyrrole nitrogens is 1. The van der Waals surface area contributed by atoms with Crippen LogP contribution in [0.25, 0.3) is 0 Å². The molecule has 1 rings (SSSR count). The third kappa shape index (κ3) is 6.29. The van der Waals surface area contributed by atoms with Crippen LogP contribution in [-0.2, 0) is 22.4 Å². The van der Waals surface area contributed by atoms with Gasteiger partial charge in [-0.25, -0.2) is 14.6 Å². The standard InChI is InChI=1S/C14H23N3O4/c1-5-6-11-15-8-9(16-11)7-10(12(18)19)17-13(20)21-14(2,3)4/h8,10H,5-7H2,1-4H3,(H,15,16)(H,17,20)(H,18,19)/t10-/m0/s1. The van der Waals surface area contributed by atoms with Crippen LogP contribution in [-0.4, -0.2) is 38.8 Å². The van der Waals surface area contributed by atoms with Crippen LogP contribution >= 0.6 is 0 Å². The zero-order valence-electron chi connectivity index (χ0n) is 12.9. The number of hydrogen-bond acceptors (Lipinski definition) is 4. The smallest absolute Gasteiger partial charge is 0.408 e. The van der Waals surface area contributed by atoms with Gasteiger partial charge in [-0.15, -0.1) is 0 Å². The number of aryl methyl sites for hydroxylation is 1. The van der Waals surface area contributed by atoms with Crippen molar-refractivity contribution in [3.63, 3.8) is 0 Å². The molecule has 3 N–H and O–H groups in total. The van der Waals surface area contributed by atoms with Crippen molar-refractivity contribution in [2.24, 2.45) is 0 Å². The number of aromatic nitrogens is 2. The molecule has 7 heteroatoms. The Labute approximate surface area is 124 Å². The van der Waals surface area contributed by atoms with Gasteiger partial charge < -0.3 is 20.1 Å². The molecule has 1 heterocycles. The molecule has 0 unspecified atom stereocenters. The molecule has 0 saturated carbocycles. The van der Waals surface area contributed by atoms with E-state index < -0.39 is 23.7 Å². The number of carbonyl (C=O) groups excluding carboxylic acids is 1. The van der Waals surface area contributed by atoms with Gasteiger partial charge in [-0.05, 0) is 27.2 Å². The number of nitrogens with zero attached hydrogens (tertiary/aromatic N) is 1. The number of carboxylic acids is 1. The van der Waals surface area contributed by atoms with Crippen LogP contribution < -0.4 is 5.32 Å². The van der Waals surface area contributed by atoms with Crippen molar-refractivity contribution in [2.45, 2.75) is 58.6 Å². The average Bonchev–Trinajstić information content (AvgIpc) is 2.73. The Morgan fingerprint density at radius 3 is 2.67 bits per heavy atom. The normalized spacial score (nSPS) is 12.8. The predicted molar refractivity (Wildman–Crippen MR) is 77.1 cm³/mol. The molecular formula is C14H23N3O4. The minimum atomic E-state index is -1.12. The van der Waals surface area contributed by atoms with E-state index in [9.17, 15) is 14.7 Å². The van der Waals surface area contributed by atoms with E-state index in [-0.39, 0.29) is 6.42 Å². The Morgan fingerprint density at radius 1 is 1.48 bits per heavy atom. The lowest BCUT2D eigenvalue weighted by Crippen LogP contribution is -2.44. The molecule has 1 aromatic rings. The van der Waals surface area contributed by atoms with Crippen molar-refractivity contribution in [1.82, 2.24) is 15.3 Å². The summed E-state index contributed by atoms with van der Waals surface area (Å²) in [6.45, 7) is 7.18. The molecule has 0 aliphatic carbocycles. The molecule has 0 bridgehead atoms. The highest BCUT2D eigenvalue weighted by Crippen LogP contribution is 2.08. The van der Waals surface area contributed by atoms with Gasteiger partial charge in [0.1, 0.15) is 17.5 Å². The molecule has 1 atom stereocenters. The van der Waals surface area contributed by atoms with Gasteiger partial charge in [-0.2, -0.15) is 0 Å². The van der Waals surface area contributed by atoms with Crippen LogP contribution in [0.4, 0.5) is 4.79 Å². The van der Waals surface area contributed by atoms with Gasteiger partial charge in [-0.1, -0.05) is 6.92 Å². The second-order valence-electron chi connectivity index (χ2n) is 5.85. The van der Waals surface area contributed by atoms with Crippen LogP contribution in [0.15, 0.2) is 6.20 Å². The highest BCUT2D eigenvalue weighted by atomic mass is 16.6. The summed E-state index contributed by atoms with van der Waals surface area (Å²) < 4.78 is 5.06. The fourth-order valence-corrected chi connectivity index (χ4v) is 1.74. The number of carbonyl (C=O) groups is 2. The number of alkyl carbamates (subject to hydrolysis) is 1. The van der Waals surface area contributed by atoms with Gasteiger partial charge in [0.2, 0.25) is 0 Å². The Morgan fingerprint density at radius 2 is 2.14 bits per heavy atom. The largest absolute Gasteiger partial charge is 0.480 e. The molecule has 7 nitrogen and oxygen atoms in total. The highest BCUT2D eigenvalue weighted by Gasteiger charge is 2.24. The van der Waals surface area contributed by atoms with Crippen molar-refractivity contribution >= 4 is 12.1 Å². The van der Waals surface area contributed by atoms with Crippen LogP contribution in [0.5, 0.6) is 0 Å². The number of ether oxygens (including phenoxy) is 1. The van der Waals surface area contributed by atoms with E-state index in [1.165, 1.54) is 0 Å².